The lowest BCUT2D eigenvalue weighted by molar-refractivity contribution is -0.167. The highest BCUT2D eigenvalue weighted by atomic mass is 16.5. The summed E-state index contributed by atoms with van der Waals surface area (Å²) in [5, 5.41) is 3.19. The number of carbonyl (C=O) groups excluding carboxylic acids is 2. The largest absolute Gasteiger partial charge is 0.460 e. The summed E-state index contributed by atoms with van der Waals surface area (Å²) >= 11 is 0. The topological polar surface area (TPSA) is 58.6 Å². The Morgan fingerprint density at radius 2 is 1.86 bits per heavy atom. The Bertz CT molecular complexity index is 903. The zero-order valence-corrected chi connectivity index (χ0v) is 23.3. The summed E-state index contributed by atoms with van der Waals surface area (Å²) in [4.78, 5) is 27.0. The van der Waals surface area contributed by atoms with E-state index in [2.05, 4.69) is 51.2 Å². The van der Waals surface area contributed by atoms with Crippen LogP contribution in [0.15, 0.2) is 23.3 Å². The second kappa shape index (κ2) is 9.68. The lowest BCUT2D eigenvalue weighted by atomic mass is 9.44. The number of nitrogens with one attached hydrogen (secondary N) is 1. The molecule has 4 aliphatic rings. The Kier molecular flexibility index (Phi) is 7.32. The van der Waals surface area contributed by atoms with Crippen LogP contribution >= 0.6 is 0 Å². The van der Waals surface area contributed by atoms with Crippen LogP contribution in [0.25, 0.3) is 0 Å². The van der Waals surface area contributed by atoms with Gasteiger partial charge in [0.1, 0.15) is 6.10 Å². The van der Waals surface area contributed by atoms with Crippen LogP contribution in [0.5, 0.6) is 0 Å². The molecule has 0 bridgehead atoms. The molecule has 5 nitrogen and oxygen atoms in total. The van der Waals surface area contributed by atoms with E-state index in [0.717, 1.165) is 30.3 Å². The van der Waals surface area contributed by atoms with Crippen molar-refractivity contribution < 1.29 is 14.3 Å². The van der Waals surface area contributed by atoms with Crippen molar-refractivity contribution in [1.29, 1.82) is 0 Å². The van der Waals surface area contributed by atoms with Gasteiger partial charge in [-0.2, -0.15) is 0 Å². The number of hydrogen-bond donors (Lipinski definition) is 1. The molecule has 0 saturated heterocycles. The molecule has 5 heteroatoms. The van der Waals surface area contributed by atoms with Gasteiger partial charge in [-0.15, -0.1) is 0 Å². The fourth-order valence-electron chi connectivity index (χ4n) is 8.78. The molecule has 0 radical (unpaired) electrons. The number of esters is 1. The summed E-state index contributed by atoms with van der Waals surface area (Å²) in [7, 11) is 4.40. The van der Waals surface area contributed by atoms with E-state index < -0.39 is 0 Å². The molecular formula is C30H48N2O3. The second-order valence-electron chi connectivity index (χ2n) is 13.1. The van der Waals surface area contributed by atoms with Gasteiger partial charge in [0.05, 0.1) is 6.04 Å². The molecular weight excluding hydrogens is 436 g/mol. The highest BCUT2D eigenvalue weighted by Gasteiger charge is 2.60. The van der Waals surface area contributed by atoms with E-state index in [1.807, 2.05) is 13.8 Å². The zero-order chi connectivity index (χ0) is 25.7. The number of nitrogens with zero attached hydrogens (tertiary/aromatic N) is 1. The van der Waals surface area contributed by atoms with Crippen molar-refractivity contribution in [2.24, 2.45) is 34.5 Å². The first-order valence-electron chi connectivity index (χ1n) is 13.9. The van der Waals surface area contributed by atoms with Gasteiger partial charge < -0.3 is 15.0 Å². The van der Waals surface area contributed by atoms with Gasteiger partial charge >= 0.3 is 5.97 Å². The van der Waals surface area contributed by atoms with Crippen LogP contribution in [0.3, 0.4) is 0 Å². The molecule has 9 atom stereocenters. The zero-order valence-electron chi connectivity index (χ0n) is 23.3. The molecule has 4 aliphatic carbocycles. The maximum absolute atomic E-state index is 12.6. The number of hydrogen-bond acceptors (Lipinski definition) is 4. The van der Waals surface area contributed by atoms with Crippen LogP contribution < -0.4 is 5.32 Å². The lowest BCUT2D eigenvalue weighted by Crippen LogP contribution is -2.60. The molecule has 0 aromatic rings. The minimum Gasteiger partial charge on any atom is -0.460 e. The summed E-state index contributed by atoms with van der Waals surface area (Å²) in [5.74, 6) is 2.36. The first-order valence-corrected chi connectivity index (χ1v) is 13.9. The van der Waals surface area contributed by atoms with Crippen LogP contribution in [-0.4, -0.2) is 49.1 Å². The van der Waals surface area contributed by atoms with E-state index in [0.29, 0.717) is 23.3 Å². The van der Waals surface area contributed by atoms with Gasteiger partial charge in [0, 0.05) is 19.0 Å². The average molecular weight is 485 g/mol. The van der Waals surface area contributed by atoms with Gasteiger partial charge in [-0.3, -0.25) is 9.59 Å². The Hall–Kier alpha value is -1.62. The maximum Gasteiger partial charge on any atom is 0.302 e. The number of amides is 1. The van der Waals surface area contributed by atoms with Crippen LogP contribution in [0.4, 0.5) is 0 Å². The second-order valence-corrected chi connectivity index (χ2v) is 13.1. The monoisotopic (exact) mass is 484 g/mol. The third kappa shape index (κ3) is 4.74. The number of allylic oxidation sites excluding steroid dienone is 2. The maximum atomic E-state index is 12.6. The normalized spacial score (nSPS) is 41.1. The summed E-state index contributed by atoms with van der Waals surface area (Å²) < 4.78 is 5.89. The minimum absolute atomic E-state index is 0.0718. The van der Waals surface area contributed by atoms with Crippen LogP contribution in [-0.2, 0) is 14.3 Å². The molecule has 196 valence electrons. The fourth-order valence-corrected chi connectivity index (χ4v) is 8.78. The Balaban J connectivity index is 1.56. The summed E-state index contributed by atoms with van der Waals surface area (Å²) in [6.07, 6.45) is 12.0. The Morgan fingerprint density at radius 1 is 1.14 bits per heavy atom. The van der Waals surface area contributed by atoms with E-state index in [4.69, 9.17) is 4.74 Å². The van der Waals surface area contributed by atoms with E-state index in [9.17, 15) is 9.59 Å². The van der Waals surface area contributed by atoms with Gasteiger partial charge in [-0.05, 0) is 114 Å². The Morgan fingerprint density at radius 3 is 2.49 bits per heavy atom. The van der Waals surface area contributed by atoms with Crippen molar-refractivity contribution in [2.75, 3.05) is 14.1 Å². The van der Waals surface area contributed by atoms with E-state index in [1.165, 1.54) is 39.0 Å². The number of ether oxygens (including phenoxy) is 1. The first-order chi connectivity index (χ1) is 16.4. The number of likely N-dealkylation sites (N-methyl/N-ethyl adjacent to an activating group) is 1. The van der Waals surface area contributed by atoms with Crippen molar-refractivity contribution in [3.63, 3.8) is 0 Å². The molecule has 3 fully saturated rings. The highest BCUT2D eigenvalue weighted by Crippen LogP contribution is 2.66. The number of fused-ring (bicyclic) bond motifs is 5. The fraction of sp³-hybridized carbons (Fsp3) is 0.800. The number of rotatable bonds is 5. The SMILES string of the molecule is CC(=O)OC1CC2(C)C(CCC3C4CC=C(C(C)N(C)C)C4(C)CCC32)CC1NC(=O)C=C(C)C. The molecule has 1 N–H and O–H groups in total. The molecule has 1 amide bonds. The smallest absolute Gasteiger partial charge is 0.302 e. The van der Waals surface area contributed by atoms with E-state index in [-0.39, 0.29) is 29.4 Å². The average Bonchev–Trinajstić information content (AvgIpc) is 3.09. The van der Waals surface area contributed by atoms with Gasteiger partial charge in [-0.25, -0.2) is 0 Å². The number of carbonyl (C=O) groups is 2. The minimum atomic E-state index is -0.249. The van der Waals surface area contributed by atoms with E-state index in [1.54, 1.807) is 11.6 Å². The van der Waals surface area contributed by atoms with Gasteiger partial charge in [-0.1, -0.05) is 31.1 Å². The summed E-state index contributed by atoms with van der Waals surface area (Å²) in [5.41, 5.74) is 3.09. The lowest BCUT2D eigenvalue weighted by Gasteiger charge is -2.62. The van der Waals surface area contributed by atoms with Crippen molar-refractivity contribution >= 4 is 11.9 Å². The van der Waals surface area contributed by atoms with Crippen molar-refractivity contribution in [1.82, 2.24) is 10.2 Å². The van der Waals surface area contributed by atoms with Crippen LogP contribution in [0, 0.1) is 34.5 Å². The molecule has 9 unspecified atom stereocenters. The highest BCUT2D eigenvalue weighted by molar-refractivity contribution is 5.88. The van der Waals surface area contributed by atoms with Crippen LogP contribution in [0.1, 0.15) is 86.5 Å². The Labute approximate surface area is 213 Å². The molecule has 0 spiro atoms. The summed E-state index contributed by atoms with van der Waals surface area (Å²) in [6, 6.07) is 0.382. The molecule has 0 aliphatic heterocycles. The molecule has 4 rings (SSSR count). The standard InChI is InChI=1S/C30H48N2O3/c1-18(2)15-28(34)31-26-16-21-9-10-22-24-12-11-23(19(3)32(7)8)29(24,5)14-13-25(22)30(21,6)17-27(26)35-20(4)33/h11,15,19,21-22,24-27H,9-10,12-14,16-17H2,1-8H3,(H,31,34). The molecule has 0 aromatic carbocycles. The van der Waals surface area contributed by atoms with Gasteiger partial charge in [0.15, 0.2) is 0 Å². The van der Waals surface area contributed by atoms with Crippen molar-refractivity contribution in [3.8, 4) is 0 Å². The van der Waals surface area contributed by atoms with Gasteiger partial charge in [0.2, 0.25) is 5.91 Å². The quantitative estimate of drug-likeness (QED) is 0.318. The third-order valence-electron chi connectivity index (χ3n) is 10.6. The molecule has 0 heterocycles. The third-order valence-corrected chi connectivity index (χ3v) is 10.6. The van der Waals surface area contributed by atoms with Crippen molar-refractivity contribution in [3.05, 3.63) is 23.3 Å². The van der Waals surface area contributed by atoms with Crippen LogP contribution in [0.2, 0.25) is 0 Å². The summed E-state index contributed by atoms with van der Waals surface area (Å²) in [6.45, 7) is 12.7. The molecule has 3 saturated carbocycles. The molecule has 0 aromatic heterocycles. The van der Waals surface area contributed by atoms with E-state index >= 15 is 0 Å². The van der Waals surface area contributed by atoms with Crippen molar-refractivity contribution in [2.45, 2.75) is 105 Å². The van der Waals surface area contributed by atoms with Gasteiger partial charge in [0.25, 0.3) is 0 Å². The molecule has 35 heavy (non-hydrogen) atoms. The predicted octanol–water partition coefficient (Wildman–Crippen LogP) is 5.51. The predicted molar refractivity (Wildman–Crippen MR) is 141 cm³/mol. The first kappa shape index (κ1) is 26.4.